The van der Waals surface area contributed by atoms with Crippen LogP contribution in [-0.4, -0.2) is 59.7 Å². The molecular formula is C17H24N4O2. The van der Waals surface area contributed by atoms with Crippen molar-refractivity contribution in [3.63, 3.8) is 0 Å². The predicted molar refractivity (Wildman–Crippen MR) is 86.1 cm³/mol. The zero-order chi connectivity index (χ0) is 15.7. The van der Waals surface area contributed by atoms with Crippen LogP contribution in [0.15, 0.2) is 18.6 Å². The number of amides is 1. The van der Waals surface area contributed by atoms with Crippen molar-refractivity contribution < 1.29 is 9.53 Å². The minimum atomic E-state index is 0.232. The monoisotopic (exact) mass is 316 g/mol. The van der Waals surface area contributed by atoms with Crippen molar-refractivity contribution in [2.75, 3.05) is 37.7 Å². The van der Waals surface area contributed by atoms with Crippen molar-refractivity contribution >= 4 is 11.7 Å². The Hall–Kier alpha value is -1.69. The van der Waals surface area contributed by atoms with Crippen molar-refractivity contribution in [1.82, 2.24) is 14.9 Å². The molecule has 0 radical (unpaired) electrons. The van der Waals surface area contributed by atoms with Gasteiger partial charge in [0, 0.05) is 56.5 Å². The number of likely N-dealkylation sites (tertiary alicyclic amines) is 1. The van der Waals surface area contributed by atoms with E-state index in [1.54, 1.807) is 12.4 Å². The molecule has 4 rings (SSSR count). The van der Waals surface area contributed by atoms with Crippen LogP contribution in [0.25, 0.3) is 0 Å². The molecule has 3 aliphatic heterocycles. The molecule has 3 fully saturated rings. The summed E-state index contributed by atoms with van der Waals surface area (Å²) in [5, 5.41) is 0. The summed E-state index contributed by atoms with van der Waals surface area (Å²) in [6.07, 6.45) is 10.1. The lowest BCUT2D eigenvalue weighted by molar-refractivity contribution is -0.141. The SMILES string of the molecule is O=C1CC[C@]2(CCOC2)CN1C1CCN(c2cnccn2)CC1. The quantitative estimate of drug-likeness (QED) is 0.827. The minimum Gasteiger partial charge on any atom is -0.381 e. The van der Waals surface area contributed by atoms with Gasteiger partial charge in [-0.15, -0.1) is 0 Å². The van der Waals surface area contributed by atoms with E-state index in [0.717, 1.165) is 64.3 Å². The van der Waals surface area contributed by atoms with Crippen molar-refractivity contribution in [3.05, 3.63) is 18.6 Å². The summed E-state index contributed by atoms with van der Waals surface area (Å²) in [4.78, 5) is 25.4. The van der Waals surface area contributed by atoms with E-state index in [2.05, 4.69) is 19.8 Å². The van der Waals surface area contributed by atoms with Gasteiger partial charge in [-0.1, -0.05) is 0 Å². The van der Waals surface area contributed by atoms with Crippen LogP contribution in [0.4, 0.5) is 5.82 Å². The van der Waals surface area contributed by atoms with Gasteiger partial charge in [-0.3, -0.25) is 9.78 Å². The Morgan fingerprint density at radius 2 is 2.09 bits per heavy atom. The number of anilines is 1. The fraction of sp³-hybridized carbons (Fsp3) is 0.706. The number of carbonyl (C=O) groups excluding carboxylic acids is 1. The van der Waals surface area contributed by atoms with Crippen LogP contribution in [0.2, 0.25) is 0 Å². The number of carbonyl (C=O) groups is 1. The highest BCUT2D eigenvalue weighted by Crippen LogP contribution is 2.39. The van der Waals surface area contributed by atoms with Gasteiger partial charge >= 0.3 is 0 Å². The number of aromatic nitrogens is 2. The molecule has 0 aromatic carbocycles. The second-order valence-corrected chi connectivity index (χ2v) is 7.11. The maximum atomic E-state index is 12.4. The average molecular weight is 316 g/mol. The summed E-state index contributed by atoms with van der Waals surface area (Å²) >= 11 is 0. The first-order valence-electron chi connectivity index (χ1n) is 8.64. The fourth-order valence-corrected chi connectivity index (χ4v) is 4.21. The highest BCUT2D eigenvalue weighted by atomic mass is 16.5. The highest BCUT2D eigenvalue weighted by Gasteiger charge is 2.43. The molecule has 1 aromatic heterocycles. The second-order valence-electron chi connectivity index (χ2n) is 7.11. The zero-order valence-electron chi connectivity index (χ0n) is 13.5. The van der Waals surface area contributed by atoms with Gasteiger partial charge in [0.1, 0.15) is 5.82 Å². The van der Waals surface area contributed by atoms with Gasteiger partial charge in [-0.05, 0) is 25.7 Å². The molecular weight excluding hydrogens is 292 g/mol. The third-order valence-corrected chi connectivity index (χ3v) is 5.66. The Morgan fingerprint density at radius 1 is 1.22 bits per heavy atom. The average Bonchev–Trinajstić information content (AvgIpc) is 3.07. The van der Waals surface area contributed by atoms with E-state index in [4.69, 9.17) is 4.74 Å². The van der Waals surface area contributed by atoms with Gasteiger partial charge in [-0.25, -0.2) is 4.98 Å². The summed E-state index contributed by atoms with van der Waals surface area (Å²) in [6.45, 7) is 4.46. The standard InChI is InChI=1S/C17H24N4O2/c22-16-1-4-17(5-10-23-13-17)12-21(16)14-2-8-20(9-3-14)15-11-18-6-7-19-15/h6-7,11,14H,1-5,8-10,12-13H2/t17-/m0/s1. The Morgan fingerprint density at radius 3 is 2.78 bits per heavy atom. The van der Waals surface area contributed by atoms with Crippen LogP contribution < -0.4 is 4.90 Å². The molecule has 6 heteroatoms. The molecule has 1 spiro atoms. The molecule has 23 heavy (non-hydrogen) atoms. The predicted octanol–water partition coefficient (Wildman–Crippen LogP) is 1.47. The number of rotatable bonds is 2. The Balaban J connectivity index is 1.40. The smallest absolute Gasteiger partial charge is 0.222 e. The third kappa shape index (κ3) is 2.92. The van der Waals surface area contributed by atoms with Crippen molar-refractivity contribution in [3.8, 4) is 0 Å². The lowest BCUT2D eigenvalue weighted by Gasteiger charge is -2.45. The van der Waals surface area contributed by atoms with Crippen LogP contribution in [0.5, 0.6) is 0 Å². The zero-order valence-corrected chi connectivity index (χ0v) is 13.5. The third-order valence-electron chi connectivity index (χ3n) is 5.66. The van der Waals surface area contributed by atoms with E-state index in [1.807, 2.05) is 6.20 Å². The first-order chi connectivity index (χ1) is 11.3. The molecule has 6 nitrogen and oxygen atoms in total. The molecule has 0 unspecified atom stereocenters. The largest absolute Gasteiger partial charge is 0.381 e. The fourth-order valence-electron chi connectivity index (χ4n) is 4.21. The minimum absolute atomic E-state index is 0.232. The van der Waals surface area contributed by atoms with Gasteiger partial charge in [0.15, 0.2) is 0 Å². The summed E-state index contributed by atoms with van der Waals surface area (Å²) in [5.74, 6) is 1.28. The molecule has 0 aliphatic carbocycles. The lowest BCUT2D eigenvalue weighted by Crippen LogP contribution is -2.54. The van der Waals surface area contributed by atoms with E-state index in [-0.39, 0.29) is 5.41 Å². The van der Waals surface area contributed by atoms with Crippen LogP contribution in [0.1, 0.15) is 32.1 Å². The highest BCUT2D eigenvalue weighted by molar-refractivity contribution is 5.77. The molecule has 1 atom stereocenters. The van der Waals surface area contributed by atoms with E-state index >= 15 is 0 Å². The van der Waals surface area contributed by atoms with Gasteiger partial charge in [0.25, 0.3) is 0 Å². The van der Waals surface area contributed by atoms with Crippen LogP contribution >= 0.6 is 0 Å². The normalized spacial score (nSPS) is 29.5. The maximum Gasteiger partial charge on any atom is 0.222 e. The van der Waals surface area contributed by atoms with Gasteiger partial charge in [0.2, 0.25) is 5.91 Å². The van der Waals surface area contributed by atoms with E-state index < -0.39 is 0 Å². The van der Waals surface area contributed by atoms with Crippen molar-refractivity contribution in [2.24, 2.45) is 5.41 Å². The molecule has 3 saturated heterocycles. The maximum absolute atomic E-state index is 12.4. The van der Waals surface area contributed by atoms with E-state index in [9.17, 15) is 4.79 Å². The Labute approximate surface area is 136 Å². The molecule has 0 N–H and O–H groups in total. The molecule has 1 amide bonds. The first kappa shape index (κ1) is 14.9. The second kappa shape index (κ2) is 6.07. The van der Waals surface area contributed by atoms with Gasteiger partial charge < -0.3 is 14.5 Å². The molecule has 3 aliphatic rings. The van der Waals surface area contributed by atoms with Crippen molar-refractivity contribution in [1.29, 1.82) is 0 Å². The topological polar surface area (TPSA) is 58.6 Å². The van der Waals surface area contributed by atoms with E-state index in [1.165, 1.54) is 0 Å². The summed E-state index contributed by atoms with van der Waals surface area (Å²) in [7, 11) is 0. The number of hydrogen-bond donors (Lipinski definition) is 0. The van der Waals surface area contributed by atoms with Gasteiger partial charge in [0.05, 0.1) is 12.8 Å². The van der Waals surface area contributed by atoms with Crippen molar-refractivity contribution in [2.45, 2.75) is 38.1 Å². The molecule has 0 saturated carbocycles. The van der Waals surface area contributed by atoms with Crippen LogP contribution in [-0.2, 0) is 9.53 Å². The summed E-state index contributed by atoms with van der Waals surface area (Å²) in [6, 6.07) is 0.369. The first-order valence-corrected chi connectivity index (χ1v) is 8.64. The number of piperidine rings is 2. The lowest BCUT2D eigenvalue weighted by atomic mass is 9.78. The number of ether oxygens (including phenoxy) is 1. The molecule has 1 aromatic rings. The molecule has 4 heterocycles. The Kier molecular flexibility index (Phi) is 3.93. The van der Waals surface area contributed by atoms with E-state index in [0.29, 0.717) is 18.4 Å². The van der Waals surface area contributed by atoms with Gasteiger partial charge in [-0.2, -0.15) is 0 Å². The molecule has 124 valence electrons. The van der Waals surface area contributed by atoms with Crippen LogP contribution in [0, 0.1) is 5.41 Å². The number of nitrogens with zero attached hydrogens (tertiary/aromatic N) is 4. The summed E-state index contributed by atoms with van der Waals surface area (Å²) in [5.41, 5.74) is 0.232. The molecule has 0 bridgehead atoms. The summed E-state index contributed by atoms with van der Waals surface area (Å²) < 4.78 is 5.62. The number of hydrogen-bond acceptors (Lipinski definition) is 5. The Bertz CT molecular complexity index is 551. The van der Waals surface area contributed by atoms with Crippen LogP contribution in [0.3, 0.4) is 0 Å².